The molecule has 0 saturated heterocycles. The second-order valence-corrected chi connectivity index (χ2v) is 5.22. The first-order valence-corrected chi connectivity index (χ1v) is 6.31. The number of fused-ring (bicyclic) bond motifs is 1. The number of hydrogen-bond donors (Lipinski definition) is 1. The van der Waals surface area contributed by atoms with Crippen LogP contribution in [0.2, 0.25) is 0 Å². The van der Waals surface area contributed by atoms with E-state index in [0.717, 1.165) is 18.5 Å². The molecule has 0 saturated carbocycles. The van der Waals surface area contributed by atoms with Crippen LogP contribution in [-0.2, 0) is 11.2 Å². The third-order valence-electron chi connectivity index (χ3n) is 3.64. The van der Waals surface area contributed by atoms with Crippen molar-refractivity contribution in [3.63, 3.8) is 0 Å². The van der Waals surface area contributed by atoms with Crippen LogP contribution in [0.1, 0.15) is 43.9 Å². The Kier molecular flexibility index (Phi) is 3.57. The molecular weight excluding hydrogens is 212 g/mol. The zero-order valence-electron chi connectivity index (χ0n) is 10.5. The van der Waals surface area contributed by atoms with Crippen LogP contribution in [0.15, 0.2) is 18.3 Å². The number of carbonyl (C=O) groups excluding carboxylic acids is 1. The molecule has 2 rings (SSSR count). The number of rotatable bonds is 4. The Balaban J connectivity index is 2.08. The summed E-state index contributed by atoms with van der Waals surface area (Å²) < 4.78 is 0. The molecule has 0 bridgehead atoms. The highest BCUT2D eigenvalue weighted by atomic mass is 16.1. The van der Waals surface area contributed by atoms with Crippen molar-refractivity contribution in [3.8, 4) is 0 Å². The van der Waals surface area contributed by atoms with Gasteiger partial charge in [-0.05, 0) is 30.4 Å². The van der Waals surface area contributed by atoms with Gasteiger partial charge in [-0.1, -0.05) is 19.9 Å². The van der Waals surface area contributed by atoms with E-state index >= 15 is 0 Å². The maximum atomic E-state index is 12.2. The van der Waals surface area contributed by atoms with E-state index in [4.69, 9.17) is 5.73 Å². The fourth-order valence-electron chi connectivity index (χ4n) is 2.34. The lowest BCUT2D eigenvalue weighted by molar-refractivity contribution is -0.121. The predicted octanol–water partition coefficient (Wildman–Crippen LogP) is 2.05. The molecule has 2 N–H and O–H groups in total. The fourth-order valence-corrected chi connectivity index (χ4v) is 2.34. The molecule has 0 radical (unpaired) electrons. The van der Waals surface area contributed by atoms with E-state index in [9.17, 15) is 4.79 Å². The summed E-state index contributed by atoms with van der Waals surface area (Å²) in [5.74, 6) is 0.586. The summed E-state index contributed by atoms with van der Waals surface area (Å²) in [5.41, 5.74) is 8.17. The van der Waals surface area contributed by atoms with Crippen LogP contribution in [0.25, 0.3) is 0 Å². The average molecular weight is 232 g/mol. The molecule has 1 aliphatic rings. The largest absolute Gasteiger partial charge is 0.327 e. The summed E-state index contributed by atoms with van der Waals surface area (Å²) in [5, 5.41) is 0. The number of aryl methyl sites for hydroxylation is 1. The van der Waals surface area contributed by atoms with Crippen molar-refractivity contribution in [2.24, 2.45) is 11.7 Å². The first-order valence-electron chi connectivity index (χ1n) is 6.31. The lowest BCUT2D eigenvalue weighted by Crippen LogP contribution is -2.31. The van der Waals surface area contributed by atoms with Crippen molar-refractivity contribution in [1.29, 1.82) is 0 Å². The minimum atomic E-state index is -0.0322. The number of carbonyl (C=O) groups is 1. The number of nitrogens with two attached hydrogens (primary N) is 1. The van der Waals surface area contributed by atoms with Gasteiger partial charge in [0.15, 0.2) is 0 Å². The van der Waals surface area contributed by atoms with Crippen LogP contribution in [0, 0.1) is 5.92 Å². The molecule has 0 aromatic carbocycles. The maximum absolute atomic E-state index is 12.2. The second-order valence-electron chi connectivity index (χ2n) is 5.22. The van der Waals surface area contributed by atoms with Crippen LogP contribution in [0.3, 0.4) is 0 Å². The molecule has 2 atom stereocenters. The third-order valence-corrected chi connectivity index (χ3v) is 3.64. The summed E-state index contributed by atoms with van der Waals surface area (Å²) in [6, 6.07) is 3.97. The minimum Gasteiger partial charge on any atom is -0.327 e. The Morgan fingerprint density at radius 2 is 2.35 bits per heavy atom. The Morgan fingerprint density at radius 3 is 3.06 bits per heavy atom. The lowest BCUT2D eigenvalue weighted by atomic mass is 9.92. The first kappa shape index (κ1) is 12.2. The molecule has 3 heteroatoms. The third kappa shape index (κ3) is 2.55. The Morgan fingerprint density at radius 1 is 1.59 bits per heavy atom. The number of nitrogens with zero attached hydrogens (tertiary/aromatic N) is 1. The van der Waals surface area contributed by atoms with Crippen molar-refractivity contribution in [1.82, 2.24) is 4.98 Å². The van der Waals surface area contributed by atoms with E-state index in [-0.39, 0.29) is 17.7 Å². The first-order chi connectivity index (χ1) is 8.09. The van der Waals surface area contributed by atoms with Gasteiger partial charge < -0.3 is 5.73 Å². The van der Waals surface area contributed by atoms with Gasteiger partial charge in [0.05, 0.1) is 11.6 Å². The van der Waals surface area contributed by atoms with Gasteiger partial charge in [-0.25, -0.2) is 0 Å². The molecule has 92 valence electrons. The molecule has 3 nitrogen and oxygen atoms in total. The molecule has 1 aliphatic carbocycles. The van der Waals surface area contributed by atoms with E-state index in [0.29, 0.717) is 12.3 Å². The summed E-state index contributed by atoms with van der Waals surface area (Å²) in [6.45, 7) is 4.11. The zero-order valence-corrected chi connectivity index (χ0v) is 10.5. The maximum Gasteiger partial charge on any atom is 0.143 e. The van der Waals surface area contributed by atoms with Crippen LogP contribution in [0.4, 0.5) is 0 Å². The van der Waals surface area contributed by atoms with Gasteiger partial charge in [0.1, 0.15) is 5.78 Å². The lowest BCUT2D eigenvalue weighted by Gasteiger charge is -2.17. The number of ketones is 1. The number of pyridine rings is 1. The monoisotopic (exact) mass is 232 g/mol. The van der Waals surface area contributed by atoms with Crippen molar-refractivity contribution >= 4 is 5.78 Å². The number of aromatic nitrogens is 1. The van der Waals surface area contributed by atoms with Gasteiger partial charge in [0.25, 0.3) is 0 Å². The van der Waals surface area contributed by atoms with E-state index in [1.165, 1.54) is 5.56 Å². The SMILES string of the molecule is CC(C)C(N)CC(=O)C1CCc2cccnc21. The highest BCUT2D eigenvalue weighted by Gasteiger charge is 2.30. The van der Waals surface area contributed by atoms with Crippen molar-refractivity contribution in [3.05, 3.63) is 29.6 Å². The predicted molar refractivity (Wildman–Crippen MR) is 67.7 cm³/mol. The van der Waals surface area contributed by atoms with Crippen LogP contribution >= 0.6 is 0 Å². The highest BCUT2D eigenvalue weighted by molar-refractivity contribution is 5.86. The molecule has 0 spiro atoms. The van der Waals surface area contributed by atoms with E-state index in [1.54, 1.807) is 6.20 Å². The van der Waals surface area contributed by atoms with Gasteiger partial charge in [-0.2, -0.15) is 0 Å². The topological polar surface area (TPSA) is 56.0 Å². The highest BCUT2D eigenvalue weighted by Crippen LogP contribution is 2.32. The van der Waals surface area contributed by atoms with Crippen molar-refractivity contribution < 1.29 is 4.79 Å². The van der Waals surface area contributed by atoms with Crippen LogP contribution in [0.5, 0.6) is 0 Å². The zero-order chi connectivity index (χ0) is 12.4. The molecule has 17 heavy (non-hydrogen) atoms. The molecule has 0 fully saturated rings. The smallest absolute Gasteiger partial charge is 0.143 e. The van der Waals surface area contributed by atoms with E-state index in [1.807, 2.05) is 6.07 Å². The summed E-state index contributed by atoms with van der Waals surface area (Å²) in [6.07, 6.45) is 4.11. The average Bonchev–Trinajstić information content (AvgIpc) is 2.72. The summed E-state index contributed by atoms with van der Waals surface area (Å²) in [4.78, 5) is 16.6. The summed E-state index contributed by atoms with van der Waals surface area (Å²) >= 11 is 0. The van der Waals surface area contributed by atoms with Crippen LogP contribution in [-0.4, -0.2) is 16.8 Å². The van der Waals surface area contributed by atoms with Crippen molar-refractivity contribution in [2.75, 3.05) is 0 Å². The molecule has 1 aromatic rings. The second kappa shape index (κ2) is 4.96. The molecule has 1 aromatic heterocycles. The van der Waals surface area contributed by atoms with Crippen molar-refractivity contribution in [2.45, 2.75) is 45.1 Å². The molecule has 0 amide bonds. The fraction of sp³-hybridized carbons (Fsp3) is 0.571. The van der Waals surface area contributed by atoms with Crippen LogP contribution < -0.4 is 5.73 Å². The Bertz CT molecular complexity index is 414. The van der Waals surface area contributed by atoms with Gasteiger partial charge in [-0.15, -0.1) is 0 Å². The standard InChI is InChI=1S/C14H20N2O/c1-9(2)12(15)8-13(17)11-6-5-10-4-3-7-16-14(10)11/h3-4,7,9,11-12H,5-6,8,15H2,1-2H3. The Labute approximate surface area is 102 Å². The number of Topliss-reactive ketones (excluding diaryl/α,β-unsaturated/α-hetero) is 1. The number of hydrogen-bond acceptors (Lipinski definition) is 3. The molecule has 2 unspecified atom stereocenters. The van der Waals surface area contributed by atoms with E-state index in [2.05, 4.69) is 24.9 Å². The van der Waals surface area contributed by atoms with Gasteiger partial charge >= 0.3 is 0 Å². The van der Waals surface area contributed by atoms with E-state index < -0.39 is 0 Å². The van der Waals surface area contributed by atoms with Gasteiger partial charge in [0, 0.05) is 18.7 Å². The molecular formula is C14H20N2O. The Hall–Kier alpha value is -1.22. The quantitative estimate of drug-likeness (QED) is 0.864. The van der Waals surface area contributed by atoms with Gasteiger partial charge in [0.2, 0.25) is 0 Å². The van der Waals surface area contributed by atoms with Gasteiger partial charge in [-0.3, -0.25) is 9.78 Å². The molecule has 1 heterocycles. The summed E-state index contributed by atoms with van der Waals surface area (Å²) in [7, 11) is 0. The normalized spacial score (nSPS) is 20.4. The minimum absolute atomic E-state index is 0.0176. The molecule has 0 aliphatic heterocycles.